The molecule has 19 heavy (non-hydrogen) atoms. The van der Waals surface area contributed by atoms with Gasteiger partial charge in [0.25, 0.3) is 0 Å². The van der Waals surface area contributed by atoms with Gasteiger partial charge in [-0.15, -0.1) is 0 Å². The molecule has 3 N–H and O–H groups in total. The molecule has 0 aromatic carbocycles. The van der Waals surface area contributed by atoms with Gasteiger partial charge in [-0.1, -0.05) is 13.3 Å². The molecule has 112 valence electrons. The van der Waals surface area contributed by atoms with Crippen molar-refractivity contribution in [2.45, 2.75) is 38.6 Å². The van der Waals surface area contributed by atoms with E-state index in [1.807, 2.05) is 6.92 Å². The largest absolute Gasteiger partial charge is 0.341 e. The Morgan fingerprint density at radius 1 is 1.53 bits per heavy atom. The quantitative estimate of drug-likeness (QED) is 0.715. The molecule has 0 aromatic rings. The Hall–Kier alpha value is -0.660. The molecule has 1 saturated heterocycles. The van der Waals surface area contributed by atoms with Crippen LogP contribution in [0.5, 0.6) is 0 Å². The highest BCUT2D eigenvalue weighted by Gasteiger charge is 2.26. The minimum absolute atomic E-state index is 0.00842. The molecule has 1 unspecified atom stereocenters. The number of carbonyl (C=O) groups is 1. The Bertz CT molecular complexity index is 397. The molecule has 1 amide bonds. The Kier molecular flexibility index (Phi) is 6.22. The van der Waals surface area contributed by atoms with Crippen LogP contribution >= 0.6 is 0 Å². The van der Waals surface area contributed by atoms with Gasteiger partial charge in [0.1, 0.15) is 0 Å². The maximum Gasteiger partial charge on any atom is 0.239 e. The van der Waals surface area contributed by atoms with Crippen LogP contribution in [0, 0.1) is 5.92 Å². The fourth-order valence-corrected chi connectivity index (χ4v) is 2.91. The lowest BCUT2D eigenvalue weighted by Crippen LogP contribution is -2.49. The molecule has 0 spiro atoms. The minimum atomic E-state index is -3.16. The van der Waals surface area contributed by atoms with Gasteiger partial charge >= 0.3 is 0 Å². The standard InChI is InChI=1S/C12H25N3O3S/c1-3-5-11(13)12(16)15-7-4-6-10(9-15)8-14-19(2,17)18/h10-11,14H,3-9,13H2,1-2H3/t10?,11-/m1/s1. The summed E-state index contributed by atoms with van der Waals surface area (Å²) in [5.41, 5.74) is 5.84. The van der Waals surface area contributed by atoms with Crippen LogP contribution in [0.15, 0.2) is 0 Å². The van der Waals surface area contributed by atoms with E-state index in [0.29, 0.717) is 19.5 Å². The van der Waals surface area contributed by atoms with Crippen LogP contribution in [0.3, 0.4) is 0 Å². The number of rotatable bonds is 6. The third-order valence-electron chi connectivity index (χ3n) is 3.38. The van der Waals surface area contributed by atoms with Crippen molar-refractivity contribution in [1.29, 1.82) is 0 Å². The van der Waals surface area contributed by atoms with Crippen LogP contribution in [0.2, 0.25) is 0 Å². The van der Waals surface area contributed by atoms with E-state index in [1.54, 1.807) is 4.90 Å². The highest BCUT2D eigenvalue weighted by atomic mass is 32.2. The summed E-state index contributed by atoms with van der Waals surface area (Å²) in [5, 5.41) is 0. The summed E-state index contributed by atoms with van der Waals surface area (Å²) < 4.78 is 24.7. The van der Waals surface area contributed by atoms with Gasteiger partial charge in [-0.3, -0.25) is 4.79 Å². The number of carbonyl (C=O) groups excluding carboxylic acids is 1. The second-order valence-electron chi connectivity index (χ2n) is 5.31. The third-order valence-corrected chi connectivity index (χ3v) is 4.07. The zero-order valence-electron chi connectivity index (χ0n) is 11.8. The predicted octanol–water partition coefficient (Wildman–Crippen LogP) is -0.0984. The average molecular weight is 291 g/mol. The van der Waals surface area contributed by atoms with E-state index in [-0.39, 0.29) is 11.8 Å². The first-order chi connectivity index (χ1) is 8.83. The average Bonchev–Trinajstić information content (AvgIpc) is 2.35. The van der Waals surface area contributed by atoms with Crippen molar-refractivity contribution in [1.82, 2.24) is 9.62 Å². The van der Waals surface area contributed by atoms with Crippen LogP contribution in [-0.2, 0) is 14.8 Å². The maximum atomic E-state index is 12.1. The van der Waals surface area contributed by atoms with Crippen LogP contribution in [0.4, 0.5) is 0 Å². The van der Waals surface area contributed by atoms with Crippen LogP contribution in [-0.4, -0.2) is 51.2 Å². The van der Waals surface area contributed by atoms with Crippen molar-refractivity contribution in [3.05, 3.63) is 0 Å². The summed E-state index contributed by atoms with van der Waals surface area (Å²) in [7, 11) is -3.16. The fraction of sp³-hybridized carbons (Fsp3) is 0.917. The molecule has 0 aliphatic carbocycles. The van der Waals surface area contributed by atoms with Crippen LogP contribution in [0.25, 0.3) is 0 Å². The van der Waals surface area contributed by atoms with Crippen molar-refractivity contribution in [2.75, 3.05) is 25.9 Å². The molecule has 1 fully saturated rings. The number of amides is 1. The van der Waals surface area contributed by atoms with E-state index in [4.69, 9.17) is 5.73 Å². The van der Waals surface area contributed by atoms with E-state index in [0.717, 1.165) is 32.1 Å². The van der Waals surface area contributed by atoms with Crippen LogP contribution < -0.4 is 10.5 Å². The zero-order chi connectivity index (χ0) is 14.5. The minimum Gasteiger partial charge on any atom is -0.341 e. The highest BCUT2D eigenvalue weighted by Crippen LogP contribution is 2.17. The first kappa shape index (κ1) is 16.4. The molecule has 1 rings (SSSR count). The third kappa shape index (κ3) is 5.88. The Labute approximate surface area is 115 Å². The van der Waals surface area contributed by atoms with E-state index in [1.165, 1.54) is 0 Å². The predicted molar refractivity (Wildman–Crippen MR) is 75.0 cm³/mol. The second kappa shape index (κ2) is 7.21. The van der Waals surface area contributed by atoms with Gasteiger partial charge in [0.15, 0.2) is 0 Å². The Balaban J connectivity index is 2.47. The number of sulfonamides is 1. The molecule has 7 heteroatoms. The molecule has 0 saturated carbocycles. The van der Waals surface area contributed by atoms with Gasteiger partial charge < -0.3 is 10.6 Å². The van der Waals surface area contributed by atoms with Gasteiger partial charge in [0, 0.05) is 19.6 Å². The molecule has 1 aliphatic heterocycles. The number of nitrogens with two attached hydrogens (primary N) is 1. The van der Waals surface area contributed by atoms with E-state index in [9.17, 15) is 13.2 Å². The van der Waals surface area contributed by atoms with Crippen molar-refractivity contribution in [2.24, 2.45) is 11.7 Å². The molecule has 0 radical (unpaired) electrons. The topological polar surface area (TPSA) is 92.5 Å². The summed E-state index contributed by atoms with van der Waals surface area (Å²) in [4.78, 5) is 13.9. The Morgan fingerprint density at radius 2 is 2.21 bits per heavy atom. The molecule has 0 aromatic heterocycles. The molecule has 0 bridgehead atoms. The zero-order valence-corrected chi connectivity index (χ0v) is 12.6. The summed E-state index contributed by atoms with van der Waals surface area (Å²) in [6.07, 6.45) is 4.58. The smallest absolute Gasteiger partial charge is 0.239 e. The van der Waals surface area contributed by atoms with Gasteiger partial charge in [-0.2, -0.15) is 0 Å². The SMILES string of the molecule is CCC[C@@H](N)C(=O)N1CCCC(CNS(C)(=O)=O)C1. The van der Waals surface area contributed by atoms with Gasteiger partial charge in [-0.05, 0) is 25.2 Å². The molecule has 2 atom stereocenters. The number of piperidine rings is 1. The van der Waals surface area contributed by atoms with Gasteiger partial charge in [-0.25, -0.2) is 13.1 Å². The van der Waals surface area contributed by atoms with E-state index < -0.39 is 16.1 Å². The van der Waals surface area contributed by atoms with Crippen molar-refractivity contribution in [3.8, 4) is 0 Å². The number of nitrogens with zero attached hydrogens (tertiary/aromatic N) is 1. The lowest BCUT2D eigenvalue weighted by molar-refractivity contribution is -0.134. The number of likely N-dealkylation sites (tertiary alicyclic amines) is 1. The monoisotopic (exact) mass is 291 g/mol. The Morgan fingerprint density at radius 3 is 2.79 bits per heavy atom. The maximum absolute atomic E-state index is 12.1. The molecule has 1 aliphatic rings. The molecular formula is C12H25N3O3S. The molecule has 6 nitrogen and oxygen atoms in total. The summed E-state index contributed by atoms with van der Waals surface area (Å²) in [6, 6.07) is -0.424. The van der Waals surface area contributed by atoms with E-state index >= 15 is 0 Å². The highest BCUT2D eigenvalue weighted by molar-refractivity contribution is 7.88. The lowest BCUT2D eigenvalue weighted by atomic mass is 9.97. The van der Waals surface area contributed by atoms with Gasteiger partial charge in [0.05, 0.1) is 12.3 Å². The summed E-state index contributed by atoms with van der Waals surface area (Å²) in [6.45, 7) is 3.72. The number of nitrogens with one attached hydrogen (secondary N) is 1. The fourth-order valence-electron chi connectivity index (χ4n) is 2.37. The molecule has 1 heterocycles. The van der Waals surface area contributed by atoms with Crippen LogP contribution in [0.1, 0.15) is 32.6 Å². The first-order valence-corrected chi connectivity index (χ1v) is 8.71. The lowest BCUT2D eigenvalue weighted by Gasteiger charge is -2.34. The normalized spacial score (nSPS) is 22.3. The summed E-state index contributed by atoms with van der Waals surface area (Å²) >= 11 is 0. The first-order valence-electron chi connectivity index (χ1n) is 6.82. The van der Waals surface area contributed by atoms with Gasteiger partial charge in [0.2, 0.25) is 15.9 Å². The van der Waals surface area contributed by atoms with E-state index in [2.05, 4.69) is 4.72 Å². The molecular weight excluding hydrogens is 266 g/mol. The van der Waals surface area contributed by atoms with Crippen molar-refractivity contribution >= 4 is 15.9 Å². The second-order valence-corrected chi connectivity index (χ2v) is 7.14. The van der Waals surface area contributed by atoms with Crippen molar-refractivity contribution in [3.63, 3.8) is 0 Å². The van der Waals surface area contributed by atoms with Crippen molar-refractivity contribution < 1.29 is 13.2 Å². The number of hydrogen-bond donors (Lipinski definition) is 2. The summed E-state index contributed by atoms with van der Waals surface area (Å²) in [5.74, 6) is 0.173. The number of hydrogen-bond acceptors (Lipinski definition) is 4.